The van der Waals surface area contributed by atoms with Crippen LogP contribution in [0, 0.1) is 0 Å². The molecule has 1 amide bonds. The average molecular weight is 530 g/mol. The largest absolute Gasteiger partial charge is 0.325 e. The predicted octanol–water partition coefficient (Wildman–Crippen LogP) is 6.20. The lowest BCUT2D eigenvalue weighted by Gasteiger charge is -2.22. The fourth-order valence-electron chi connectivity index (χ4n) is 2.88. The van der Waals surface area contributed by atoms with Gasteiger partial charge in [-0.15, -0.1) is 11.8 Å². The molecule has 32 heavy (non-hydrogen) atoms. The number of hydrogen-bond acceptors (Lipinski definition) is 4. The van der Waals surface area contributed by atoms with Crippen LogP contribution in [0.1, 0.15) is 5.56 Å². The Balaban J connectivity index is 1.89. The van der Waals surface area contributed by atoms with Crippen molar-refractivity contribution in [2.45, 2.75) is 16.3 Å². The number of carbonyl (C=O) groups excluding carboxylic acids is 1. The van der Waals surface area contributed by atoms with Crippen molar-refractivity contribution in [3.05, 3.63) is 87.4 Å². The molecule has 0 aliphatic rings. The Bertz CT molecular complexity index is 1220. The molecular weight excluding hydrogens is 511 g/mol. The zero-order valence-corrected chi connectivity index (χ0v) is 20.8. The quantitative estimate of drug-likeness (QED) is 0.353. The van der Waals surface area contributed by atoms with Crippen molar-refractivity contribution in [2.24, 2.45) is 0 Å². The number of sulfonamides is 1. The number of nitrogens with one attached hydrogen (secondary N) is 1. The van der Waals surface area contributed by atoms with Crippen LogP contribution in [-0.2, 0) is 21.4 Å². The number of anilines is 1. The predicted molar refractivity (Wildman–Crippen MR) is 132 cm³/mol. The summed E-state index contributed by atoms with van der Waals surface area (Å²) in [6.45, 7) is -0.463. The van der Waals surface area contributed by atoms with Gasteiger partial charge < -0.3 is 5.32 Å². The Morgan fingerprint density at radius 3 is 2.34 bits per heavy atom. The van der Waals surface area contributed by atoms with Crippen LogP contribution >= 0.6 is 46.6 Å². The number of benzene rings is 3. The number of halogens is 3. The van der Waals surface area contributed by atoms with Gasteiger partial charge in [-0.05, 0) is 66.4 Å². The van der Waals surface area contributed by atoms with E-state index in [4.69, 9.17) is 34.8 Å². The molecule has 168 valence electrons. The van der Waals surface area contributed by atoms with Gasteiger partial charge in [-0.2, -0.15) is 4.31 Å². The summed E-state index contributed by atoms with van der Waals surface area (Å²) in [6.07, 6.45) is 1.93. The van der Waals surface area contributed by atoms with E-state index in [1.807, 2.05) is 24.5 Å². The minimum atomic E-state index is -4.01. The van der Waals surface area contributed by atoms with Crippen LogP contribution < -0.4 is 5.32 Å². The summed E-state index contributed by atoms with van der Waals surface area (Å²) >= 11 is 19.5. The van der Waals surface area contributed by atoms with Crippen LogP contribution in [0.2, 0.25) is 15.1 Å². The summed E-state index contributed by atoms with van der Waals surface area (Å²) in [5.74, 6) is -0.471. The SMILES string of the molecule is CSc1cccc(NC(=O)CN(Cc2ccc(Cl)c(Cl)c2)S(=O)(=O)c2ccc(Cl)cc2)c1. The van der Waals surface area contributed by atoms with Crippen molar-refractivity contribution >= 4 is 68.2 Å². The highest BCUT2D eigenvalue weighted by atomic mass is 35.5. The average Bonchev–Trinajstić information content (AvgIpc) is 2.76. The van der Waals surface area contributed by atoms with E-state index < -0.39 is 22.5 Å². The molecule has 3 aromatic carbocycles. The maximum Gasteiger partial charge on any atom is 0.243 e. The monoisotopic (exact) mass is 528 g/mol. The van der Waals surface area contributed by atoms with E-state index in [2.05, 4.69) is 5.32 Å². The summed E-state index contributed by atoms with van der Waals surface area (Å²) in [4.78, 5) is 13.8. The van der Waals surface area contributed by atoms with Gasteiger partial charge in [-0.3, -0.25) is 4.79 Å². The summed E-state index contributed by atoms with van der Waals surface area (Å²) in [5.41, 5.74) is 1.18. The number of amides is 1. The topological polar surface area (TPSA) is 66.5 Å². The Labute approximate surface area is 206 Å². The van der Waals surface area contributed by atoms with E-state index in [0.717, 1.165) is 9.20 Å². The van der Waals surface area contributed by atoms with Gasteiger partial charge in [0.05, 0.1) is 21.5 Å². The van der Waals surface area contributed by atoms with Crippen molar-refractivity contribution in [3.63, 3.8) is 0 Å². The lowest BCUT2D eigenvalue weighted by Crippen LogP contribution is -2.37. The zero-order valence-electron chi connectivity index (χ0n) is 16.9. The molecule has 3 rings (SSSR count). The summed E-state index contributed by atoms with van der Waals surface area (Å²) < 4.78 is 27.7. The van der Waals surface area contributed by atoms with Crippen LogP contribution in [-0.4, -0.2) is 31.4 Å². The van der Waals surface area contributed by atoms with Gasteiger partial charge in [0, 0.05) is 22.2 Å². The molecule has 0 saturated carbocycles. The Morgan fingerprint density at radius 2 is 1.69 bits per heavy atom. The molecule has 0 spiro atoms. The molecule has 0 unspecified atom stereocenters. The summed E-state index contributed by atoms with van der Waals surface area (Å²) in [7, 11) is -4.01. The molecule has 0 aliphatic heterocycles. The smallest absolute Gasteiger partial charge is 0.243 e. The molecule has 0 saturated heterocycles. The van der Waals surface area contributed by atoms with Gasteiger partial charge >= 0.3 is 0 Å². The van der Waals surface area contributed by atoms with E-state index >= 15 is 0 Å². The number of carbonyl (C=O) groups is 1. The van der Waals surface area contributed by atoms with Gasteiger partial charge in [0.25, 0.3) is 0 Å². The lowest BCUT2D eigenvalue weighted by molar-refractivity contribution is -0.116. The van der Waals surface area contributed by atoms with E-state index in [1.165, 1.54) is 36.0 Å². The summed E-state index contributed by atoms with van der Waals surface area (Å²) in [5, 5.41) is 3.82. The molecule has 0 atom stereocenters. The van der Waals surface area contributed by atoms with E-state index in [0.29, 0.717) is 26.3 Å². The zero-order chi connectivity index (χ0) is 23.3. The second kappa shape index (κ2) is 10.9. The molecule has 0 fully saturated rings. The molecule has 0 heterocycles. The van der Waals surface area contributed by atoms with Crippen molar-refractivity contribution in [1.82, 2.24) is 4.31 Å². The first-order valence-corrected chi connectivity index (χ1v) is 13.1. The van der Waals surface area contributed by atoms with E-state index in [-0.39, 0.29) is 11.4 Å². The molecule has 0 radical (unpaired) electrons. The normalized spacial score (nSPS) is 11.5. The minimum absolute atomic E-state index is 0.0270. The van der Waals surface area contributed by atoms with Crippen LogP contribution in [0.4, 0.5) is 5.69 Å². The molecular formula is C22H19Cl3N2O3S2. The van der Waals surface area contributed by atoms with Crippen LogP contribution in [0.25, 0.3) is 0 Å². The van der Waals surface area contributed by atoms with Crippen molar-refractivity contribution in [3.8, 4) is 0 Å². The molecule has 1 N–H and O–H groups in total. The highest BCUT2D eigenvalue weighted by Gasteiger charge is 2.27. The highest BCUT2D eigenvalue weighted by Crippen LogP contribution is 2.26. The maximum absolute atomic E-state index is 13.3. The Kier molecular flexibility index (Phi) is 8.49. The molecule has 0 bridgehead atoms. The van der Waals surface area contributed by atoms with Crippen molar-refractivity contribution < 1.29 is 13.2 Å². The first-order valence-electron chi connectivity index (χ1n) is 9.32. The van der Waals surface area contributed by atoms with Gasteiger partial charge in [0.15, 0.2) is 0 Å². The standard InChI is InChI=1S/C22H19Cl3N2O3S2/c1-31-18-4-2-3-17(12-18)26-22(28)14-27(13-15-5-10-20(24)21(25)11-15)32(29,30)19-8-6-16(23)7-9-19/h2-12H,13-14H2,1H3,(H,26,28). The lowest BCUT2D eigenvalue weighted by atomic mass is 10.2. The Hall–Kier alpha value is -1.74. The maximum atomic E-state index is 13.3. The molecule has 0 aliphatic carbocycles. The van der Waals surface area contributed by atoms with Crippen molar-refractivity contribution in [1.29, 1.82) is 0 Å². The number of hydrogen-bond donors (Lipinski definition) is 1. The molecule has 5 nitrogen and oxygen atoms in total. The van der Waals surface area contributed by atoms with Gasteiger partial charge in [0.1, 0.15) is 0 Å². The van der Waals surface area contributed by atoms with Crippen molar-refractivity contribution in [2.75, 3.05) is 18.1 Å². The van der Waals surface area contributed by atoms with Gasteiger partial charge in [-0.1, -0.05) is 46.9 Å². The van der Waals surface area contributed by atoms with Gasteiger partial charge in [0.2, 0.25) is 15.9 Å². The van der Waals surface area contributed by atoms with Crippen LogP contribution in [0.5, 0.6) is 0 Å². The molecule has 0 aromatic heterocycles. The second-order valence-corrected chi connectivity index (χ2v) is 10.8. The fraction of sp³-hybridized carbons (Fsp3) is 0.136. The number of thioether (sulfide) groups is 1. The van der Waals surface area contributed by atoms with E-state index in [9.17, 15) is 13.2 Å². The third kappa shape index (κ3) is 6.41. The fourth-order valence-corrected chi connectivity index (χ4v) is 5.18. The molecule has 10 heteroatoms. The number of nitrogens with zero attached hydrogens (tertiary/aromatic N) is 1. The highest BCUT2D eigenvalue weighted by molar-refractivity contribution is 7.98. The van der Waals surface area contributed by atoms with Crippen LogP contribution in [0.15, 0.2) is 76.5 Å². The third-order valence-electron chi connectivity index (χ3n) is 4.47. The number of rotatable bonds is 8. The summed E-state index contributed by atoms with van der Waals surface area (Å²) in [6, 6.07) is 17.9. The second-order valence-electron chi connectivity index (χ2n) is 6.76. The Morgan fingerprint density at radius 1 is 0.969 bits per heavy atom. The van der Waals surface area contributed by atoms with Crippen LogP contribution in [0.3, 0.4) is 0 Å². The van der Waals surface area contributed by atoms with E-state index in [1.54, 1.807) is 24.3 Å². The van der Waals surface area contributed by atoms with Gasteiger partial charge in [-0.25, -0.2) is 8.42 Å². The third-order valence-corrected chi connectivity index (χ3v) is 7.99. The molecule has 3 aromatic rings. The minimum Gasteiger partial charge on any atom is -0.325 e. The first-order chi connectivity index (χ1) is 15.2. The first kappa shape index (κ1) is 24.9.